The van der Waals surface area contributed by atoms with Gasteiger partial charge in [0.05, 0.1) is 23.6 Å². The number of aliphatic hydroxyl groups is 1. The summed E-state index contributed by atoms with van der Waals surface area (Å²) < 4.78 is 5.93. The van der Waals surface area contributed by atoms with Crippen molar-refractivity contribution in [1.29, 1.82) is 0 Å². The van der Waals surface area contributed by atoms with Crippen molar-refractivity contribution in [1.82, 2.24) is 10.3 Å². The number of benzene rings is 2. The zero-order valence-corrected chi connectivity index (χ0v) is 17.8. The smallest absolute Gasteiger partial charge is 0.308 e. The third-order valence-electron chi connectivity index (χ3n) is 5.92. The Morgan fingerprint density at radius 2 is 1.88 bits per heavy atom. The summed E-state index contributed by atoms with van der Waals surface area (Å²) in [5.74, 6) is -1.59. The topological polar surface area (TPSA) is 109 Å². The molecule has 4 rings (SSSR count). The molecule has 2 aromatic carbocycles. The van der Waals surface area contributed by atoms with Crippen LogP contribution in [0.5, 0.6) is 5.75 Å². The fourth-order valence-electron chi connectivity index (χ4n) is 4.26. The predicted molar refractivity (Wildman–Crippen MR) is 119 cm³/mol. The maximum absolute atomic E-state index is 12.6. The minimum atomic E-state index is -1.00. The fourth-order valence-corrected chi connectivity index (χ4v) is 4.26. The number of pyridine rings is 1. The number of fused-ring (bicyclic) bond motifs is 1. The van der Waals surface area contributed by atoms with E-state index in [9.17, 15) is 19.8 Å². The standard InChI is InChI=1S/C25H26N2O5/c1-15-13-17(19-5-2-3-7-21(19)26-15)14-32-18-11-9-16(10-12-18)24(29)27-23-20(25(30)31)6-4-8-22(23)28/h2-3,5,7,9-13,20,22-23,28H,4,6,8,14H2,1H3,(H,27,29)(H,30,31)/t20-,22+,23?/m0/s1. The summed E-state index contributed by atoms with van der Waals surface area (Å²) in [5, 5.41) is 23.3. The highest BCUT2D eigenvalue weighted by molar-refractivity contribution is 5.95. The number of aryl methyl sites for hydroxylation is 1. The molecular formula is C25H26N2O5. The average molecular weight is 434 g/mol. The molecule has 0 aliphatic heterocycles. The van der Waals surface area contributed by atoms with Gasteiger partial charge in [-0.2, -0.15) is 0 Å². The highest BCUT2D eigenvalue weighted by Gasteiger charge is 2.37. The average Bonchev–Trinajstić information content (AvgIpc) is 2.78. The molecule has 7 nitrogen and oxygen atoms in total. The highest BCUT2D eigenvalue weighted by atomic mass is 16.5. The molecule has 7 heteroatoms. The van der Waals surface area contributed by atoms with Crippen molar-refractivity contribution in [3.05, 3.63) is 71.4 Å². The first-order valence-corrected chi connectivity index (χ1v) is 10.7. The summed E-state index contributed by atoms with van der Waals surface area (Å²) in [7, 11) is 0. The molecule has 1 aliphatic rings. The second-order valence-electron chi connectivity index (χ2n) is 8.20. The van der Waals surface area contributed by atoms with E-state index in [1.165, 1.54) is 0 Å². The Kier molecular flexibility index (Phi) is 6.37. The predicted octanol–water partition coefficient (Wildman–Crippen LogP) is 3.47. The van der Waals surface area contributed by atoms with E-state index in [-0.39, 0.29) is 0 Å². The minimum absolute atomic E-state index is 0.365. The van der Waals surface area contributed by atoms with Gasteiger partial charge in [0.25, 0.3) is 5.91 Å². The number of ether oxygens (including phenoxy) is 1. The van der Waals surface area contributed by atoms with Crippen molar-refractivity contribution in [2.75, 3.05) is 0 Å². The van der Waals surface area contributed by atoms with Crippen molar-refractivity contribution in [3.63, 3.8) is 0 Å². The van der Waals surface area contributed by atoms with E-state index in [2.05, 4.69) is 10.3 Å². The van der Waals surface area contributed by atoms with Gasteiger partial charge in [0.1, 0.15) is 12.4 Å². The van der Waals surface area contributed by atoms with Gasteiger partial charge in [0.15, 0.2) is 0 Å². The van der Waals surface area contributed by atoms with Gasteiger partial charge in [-0.25, -0.2) is 0 Å². The highest BCUT2D eigenvalue weighted by Crippen LogP contribution is 2.26. The number of rotatable bonds is 6. The van der Waals surface area contributed by atoms with Crippen molar-refractivity contribution >= 4 is 22.8 Å². The molecule has 166 valence electrons. The SMILES string of the molecule is Cc1cc(COc2ccc(C(=O)NC3[C@H](O)CCC[C@@H]3C(=O)O)cc2)c2ccccc2n1. The van der Waals surface area contributed by atoms with Gasteiger partial charge in [-0.05, 0) is 62.6 Å². The van der Waals surface area contributed by atoms with E-state index >= 15 is 0 Å². The molecule has 1 fully saturated rings. The number of nitrogens with one attached hydrogen (secondary N) is 1. The number of carboxylic acids is 1. The molecule has 3 aromatic rings. The molecule has 0 spiro atoms. The van der Waals surface area contributed by atoms with Crippen LogP contribution in [0.2, 0.25) is 0 Å². The Labute approximate surface area is 186 Å². The molecule has 0 saturated heterocycles. The molecular weight excluding hydrogens is 408 g/mol. The van der Waals surface area contributed by atoms with Gasteiger partial charge in [0, 0.05) is 22.2 Å². The van der Waals surface area contributed by atoms with Crippen molar-refractivity contribution in [3.8, 4) is 5.75 Å². The number of hydrogen-bond donors (Lipinski definition) is 3. The van der Waals surface area contributed by atoms with Gasteiger partial charge >= 0.3 is 5.97 Å². The molecule has 3 atom stereocenters. The number of amides is 1. The summed E-state index contributed by atoms with van der Waals surface area (Å²) >= 11 is 0. The molecule has 0 bridgehead atoms. The van der Waals surface area contributed by atoms with E-state index in [1.54, 1.807) is 24.3 Å². The molecule has 1 aliphatic carbocycles. The first kappa shape index (κ1) is 21.8. The van der Waals surface area contributed by atoms with Gasteiger partial charge in [0.2, 0.25) is 0 Å². The van der Waals surface area contributed by atoms with E-state index in [0.29, 0.717) is 37.2 Å². The summed E-state index contributed by atoms with van der Waals surface area (Å²) in [6.45, 7) is 2.31. The van der Waals surface area contributed by atoms with E-state index in [1.807, 2.05) is 37.3 Å². The van der Waals surface area contributed by atoms with Crippen LogP contribution in [-0.4, -0.2) is 39.2 Å². The van der Waals surface area contributed by atoms with Gasteiger partial charge in [-0.3, -0.25) is 14.6 Å². The van der Waals surface area contributed by atoms with Gasteiger partial charge in [-0.15, -0.1) is 0 Å². The zero-order chi connectivity index (χ0) is 22.7. The van der Waals surface area contributed by atoms with Crippen LogP contribution < -0.4 is 10.1 Å². The first-order valence-electron chi connectivity index (χ1n) is 10.7. The summed E-state index contributed by atoms with van der Waals surface area (Å²) in [6, 6.07) is 15.8. The Morgan fingerprint density at radius 3 is 2.62 bits per heavy atom. The monoisotopic (exact) mass is 434 g/mol. The summed E-state index contributed by atoms with van der Waals surface area (Å²) in [6.07, 6.45) is 0.677. The van der Waals surface area contributed by atoms with Crippen LogP contribution in [0.15, 0.2) is 54.6 Å². The van der Waals surface area contributed by atoms with Crippen LogP contribution in [0, 0.1) is 12.8 Å². The molecule has 1 unspecified atom stereocenters. The number of para-hydroxylation sites is 1. The molecule has 1 aromatic heterocycles. The third kappa shape index (κ3) is 4.73. The number of aliphatic hydroxyl groups excluding tert-OH is 1. The largest absolute Gasteiger partial charge is 0.489 e. The van der Waals surface area contributed by atoms with Crippen LogP contribution in [0.1, 0.15) is 40.9 Å². The van der Waals surface area contributed by atoms with Gasteiger partial charge < -0.3 is 20.3 Å². The van der Waals surface area contributed by atoms with E-state index < -0.39 is 29.9 Å². The number of nitrogens with zero attached hydrogens (tertiary/aromatic N) is 1. The quantitative estimate of drug-likeness (QED) is 0.548. The first-order chi connectivity index (χ1) is 15.4. The molecule has 1 heterocycles. The van der Waals surface area contributed by atoms with Crippen LogP contribution in [0.3, 0.4) is 0 Å². The third-order valence-corrected chi connectivity index (χ3v) is 5.92. The number of aliphatic carboxylic acids is 1. The summed E-state index contributed by atoms with van der Waals surface area (Å²) in [5.41, 5.74) is 3.24. The lowest BCUT2D eigenvalue weighted by molar-refractivity contribution is -0.145. The molecule has 0 radical (unpaired) electrons. The van der Waals surface area contributed by atoms with Crippen LogP contribution in [-0.2, 0) is 11.4 Å². The zero-order valence-electron chi connectivity index (χ0n) is 17.8. The lowest BCUT2D eigenvalue weighted by atomic mass is 9.82. The van der Waals surface area contributed by atoms with E-state index in [0.717, 1.165) is 22.2 Å². The van der Waals surface area contributed by atoms with E-state index in [4.69, 9.17) is 4.74 Å². The lowest BCUT2D eigenvalue weighted by Gasteiger charge is -2.33. The summed E-state index contributed by atoms with van der Waals surface area (Å²) in [4.78, 5) is 28.7. The maximum atomic E-state index is 12.6. The Morgan fingerprint density at radius 1 is 1.12 bits per heavy atom. The normalized spacial score (nSPS) is 20.6. The van der Waals surface area contributed by atoms with Crippen molar-refractivity contribution < 1.29 is 24.5 Å². The Balaban J connectivity index is 1.42. The number of carboxylic acid groups (broad SMARTS) is 1. The molecule has 32 heavy (non-hydrogen) atoms. The van der Waals surface area contributed by atoms with Crippen LogP contribution >= 0.6 is 0 Å². The maximum Gasteiger partial charge on any atom is 0.308 e. The minimum Gasteiger partial charge on any atom is -0.489 e. The Bertz CT molecular complexity index is 1130. The van der Waals surface area contributed by atoms with Crippen LogP contribution in [0.25, 0.3) is 10.9 Å². The Hall–Kier alpha value is -3.45. The fraction of sp³-hybridized carbons (Fsp3) is 0.320. The lowest BCUT2D eigenvalue weighted by Crippen LogP contribution is -2.52. The second-order valence-corrected chi connectivity index (χ2v) is 8.20. The van der Waals surface area contributed by atoms with Gasteiger partial charge in [-0.1, -0.05) is 18.2 Å². The number of hydrogen-bond acceptors (Lipinski definition) is 5. The number of carbonyl (C=O) groups is 2. The van der Waals surface area contributed by atoms with Crippen molar-refractivity contribution in [2.24, 2.45) is 5.92 Å². The van der Waals surface area contributed by atoms with Crippen molar-refractivity contribution in [2.45, 2.75) is 44.9 Å². The molecule has 1 amide bonds. The second kappa shape index (κ2) is 9.36. The molecule has 1 saturated carbocycles. The van der Waals surface area contributed by atoms with Crippen LogP contribution in [0.4, 0.5) is 0 Å². The number of aromatic nitrogens is 1. The number of carbonyl (C=O) groups excluding carboxylic acids is 1. The molecule has 3 N–H and O–H groups in total.